The van der Waals surface area contributed by atoms with Crippen LogP contribution in [0.4, 0.5) is 5.82 Å². The minimum absolute atomic E-state index is 0.0305. The third-order valence-corrected chi connectivity index (χ3v) is 6.15. The molecule has 4 heterocycles. The maximum Gasteiger partial charge on any atom is 0.160 e. The lowest BCUT2D eigenvalue weighted by atomic mass is 9.72. The maximum absolute atomic E-state index is 6.35. The summed E-state index contributed by atoms with van der Waals surface area (Å²) >= 11 is 0. The highest BCUT2D eigenvalue weighted by atomic mass is 15.2. The zero-order chi connectivity index (χ0) is 19.8. The fourth-order valence-corrected chi connectivity index (χ4v) is 4.36. The summed E-state index contributed by atoms with van der Waals surface area (Å²) in [6.07, 6.45) is 9.29. The molecular weight excluding hydrogens is 364 g/mol. The smallest absolute Gasteiger partial charge is 0.160 e. The Labute approximate surface area is 168 Å². The van der Waals surface area contributed by atoms with Gasteiger partial charge in [0.1, 0.15) is 12.1 Å². The number of H-pyrrole nitrogens is 1. The predicted molar refractivity (Wildman–Crippen MR) is 113 cm³/mol. The standard InChI is InChI=1S/C21H24N8/c1-28-12-16(10-26-28)15-3-2-4-17(9-15)21(13-22)5-7-29(8-6-21)20-18-11-25-27-19(18)23-14-24-20/h2-4,9-12,14H,5-8,13,22H2,1H3,(H,23,24,25,27). The van der Waals surface area contributed by atoms with Gasteiger partial charge in [-0.1, -0.05) is 24.3 Å². The molecule has 1 aliphatic rings. The number of aryl methyl sites for hydroxylation is 1. The molecule has 1 saturated heterocycles. The molecule has 8 nitrogen and oxygen atoms in total. The van der Waals surface area contributed by atoms with Crippen LogP contribution in [-0.2, 0) is 12.5 Å². The number of hydrogen-bond donors (Lipinski definition) is 2. The van der Waals surface area contributed by atoms with Gasteiger partial charge in [-0.25, -0.2) is 9.97 Å². The second kappa shape index (κ2) is 6.97. The van der Waals surface area contributed by atoms with Gasteiger partial charge in [0.05, 0.1) is 17.8 Å². The van der Waals surface area contributed by atoms with E-state index < -0.39 is 0 Å². The molecule has 3 N–H and O–H groups in total. The van der Waals surface area contributed by atoms with Crippen molar-refractivity contribution in [1.82, 2.24) is 29.9 Å². The number of aromatic nitrogens is 6. The first-order chi connectivity index (χ1) is 14.2. The highest BCUT2D eigenvalue weighted by Crippen LogP contribution is 2.38. The van der Waals surface area contributed by atoms with Crippen LogP contribution in [-0.4, -0.2) is 49.6 Å². The second-order valence-corrected chi connectivity index (χ2v) is 7.78. The zero-order valence-corrected chi connectivity index (χ0v) is 16.4. The molecule has 0 radical (unpaired) electrons. The van der Waals surface area contributed by atoms with Crippen LogP contribution in [0.5, 0.6) is 0 Å². The summed E-state index contributed by atoms with van der Waals surface area (Å²) in [6.45, 7) is 2.42. The summed E-state index contributed by atoms with van der Waals surface area (Å²) in [5.74, 6) is 0.943. The third-order valence-electron chi connectivity index (χ3n) is 6.15. The zero-order valence-electron chi connectivity index (χ0n) is 16.4. The molecule has 1 aliphatic heterocycles. The van der Waals surface area contributed by atoms with Crippen LogP contribution in [0.25, 0.3) is 22.2 Å². The van der Waals surface area contributed by atoms with E-state index in [1.165, 1.54) is 11.1 Å². The van der Waals surface area contributed by atoms with Crippen LogP contribution in [0.15, 0.2) is 49.2 Å². The third kappa shape index (κ3) is 3.05. The Hall–Kier alpha value is -3.26. The Morgan fingerprint density at radius 3 is 2.76 bits per heavy atom. The monoisotopic (exact) mass is 388 g/mol. The van der Waals surface area contributed by atoms with Gasteiger partial charge in [-0.15, -0.1) is 0 Å². The summed E-state index contributed by atoms with van der Waals surface area (Å²) in [7, 11) is 1.94. The largest absolute Gasteiger partial charge is 0.356 e. The fourth-order valence-electron chi connectivity index (χ4n) is 4.36. The summed E-state index contributed by atoms with van der Waals surface area (Å²) < 4.78 is 1.83. The average molecular weight is 388 g/mol. The highest BCUT2D eigenvalue weighted by Gasteiger charge is 2.36. The van der Waals surface area contributed by atoms with Crippen molar-refractivity contribution in [2.45, 2.75) is 18.3 Å². The van der Waals surface area contributed by atoms with Crippen LogP contribution in [0.2, 0.25) is 0 Å². The Morgan fingerprint density at radius 2 is 2.00 bits per heavy atom. The number of fused-ring (bicyclic) bond motifs is 1. The lowest BCUT2D eigenvalue weighted by Gasteiger charge is -2.42. The maximum atomic E-state index is 6.35. The molecule has 29 heavy (non-hydrogen) atoms. The van der Waals surface area contributed by atoms with Gasteiger partial charge in [-0.05, 0) is 24.0 Å². The van der Waals surface area contributed by atoms with Crippen molar-refractivity contribution in [2.75, 3.05) is 24.5 Å². The van der Waals surface area contributed by atoms with E-state index in [2.05, 4.69) is 54.4 Å². The Morgan fingerprint density at radius 1 is 1.14 bits per heavy atom. The van der Waals surface area contributed by atoms with Crippen molar-refractivity contribution < 1.29 is 0 Å². The lowest BCUT2D eigenvalue weighted by molar-refractivity contribution is 0.339. The molecule has 1 aromatic carbocycles. The van der Waals surface area contributed by atoms with Crippen LogP contribution >= 0.6 is 0 Å². The molecule has 8 heteroatoms. The number of anilines is 1. The quantitative estimate of drug-likeness (QED) is 0.556. The van der Waals surface area contributed by atoms with Crippen molar-refractivity contribution in [2.24, 2.45) is 12.8 Å². The van der Waals surface area contributed by atoms with E-state index >= 15 is 0 Å². The van der Waals surface area contributed by atoms with Gasteiger partial charge in [0, 0.05) is 43.9 Å². The van der Waals surface area contributed by atoms with Crippen LogP contribution < -0.4 is 10.6 Å². The molecule has 0 spiro atoms. The van der Waals surface area contributed by atoms with Crippen molar-refractivity contribution in [1.29, 1.82) is 0 Å². The Bertz CT molecular complexity index is 1140. The normalized spacial score (nSPS) is 16.4. The van der Waals surface area contributed by atoms with Gasteiger partial charge >= 0.3 is 0 Å². The van der Waals surface area contributed by atoms with Crippen LogP contribution in [0, 0.1) is 0 Å². The van der Waals surface area contributed by atoms with E-state index in [0.29, 0.717) is 6.54 Å². The molecule has 0 atom stereocenters. The number of rotatable bonds is 4. The number of nitrogens with one attached hydrogen (secondary N) is 1. The Kier molecular flexibility index (Phi) is 4.28. The number of piperidine rings is 1. The molecule has 0 amide bonds. The van der Waals surface area contributed by atoms with E-state index in [4.69, 9.17) is 5.73 Å². The molecule has 0 saturated carbocycles. The molecule has 1 fully saturated rings. The molecular formula is C21H24N8. The van der Waals surface area contributed by atoms with Gasteiger partial charge in [0.2, 0.25) is 0 Å². The molecule has 0 unspecified atom stereocenters. The van der Waals surface area contributed by atoms with Crippen molar-refractivity contribution >= 4 is 16.9 Å². The van der Waals surface area contributed by atoms with Crippen molar-refractivity contribution in [3.05, 3.63) is 54.7 Å². The molecule has 5 rings (SSSR count). The molecule has 0 aliphatic carbocycles. The fraction of sp³-hybridized carbons (Fsp3) is 0.333. The number of benzene rings is 1. The molecule has 148 valence electrons. The van der Waals surface area contributed by atoms with Gasteiger partial charge in [0.25, 0.3) is 0 Å². The molecule has 0 bridgehead atoms. The van der Waals surface area contributed by atoms with E-state index in [-0.39, 0.29) is 5.41 Å². The van der Waals surface area contributed by atoms with Gasteiger partial charge in [-0.3, -0.25) is 9.78 Å². The van der Waals surface area contributed by atoms with Crippen LogP contribution in [0.3, 0.4) is 0 Å². The van der Waals surface area contributed by atoms with Crippen LogP contribution in [0.1, 0.15) is 18.4 Å². The SMILES string of the molecule is Cn1cc(-c2cccc(C3(CN)CCN(c4ncnc5[nH]ncc45)CC3)c2)cn1. The van der Waals surface area contributed by atoms with E-state index in [0.717, 1.165) is 48.3 Å². The molecule has 3 aromatic heterocycles. The summed E-state index contributed by atoms with van der Waals surface area (Å²) in [6, 6.07) is 8.75. The van der Waals surface area contributed by atoms with Crippen molar-refractivity contribution in [3.8, 4) is 11.1 Å². The molecule has 4 aromatic rings. The first kappa shape index (κ1) is 17.8. The topological polar surface area (TPSA) is 102 Å². The van der Waals surface area contributed by atoms with E-state index in [1.807, 2.05) is 24.1 Å². The number of nitrogens with zero attached hydrogens (tertiary/aromatic N) is 6. The van der Waals surface area contributed by atoms with Gasteiger partial charge in [0.15, 0.2) is 5.65 Å². The van der Waals surface area contributed by atoms with Gasteiger partial charge in [-0.2, -0.15) is 10.2 Å². The van der Waals surface area contributed by atoms with E-state index in [9.17, 15) is 0 Å². The minimum Gasteiger partial charge on any atom is -0.356 e. The number of nitrogens with two attached hydrogens (primary N) is 1. The number of hydrogen-bond acceptors (Lipinski definition) is 6. The first-order valence-corrected chi connectivity index (χ1v) is 9.87. The number of aromatic amines is 1. The highest BCUT2D eigenvalue weighted by molar-refractivity contribution is 5.86. The van der Waals surface area contributed by atoms with Gasteiger partial charge < -0.3 is 10.6 Å². The summed E-state index contributed by atoms with van der Waals surface area (Å²) in [5, 5.41) is 12.3. The Balaban J connectivity index is 1.42. The second-order valence-electron chi connectivity index (χ2n) is 7.78. The van der Waals surface area contributed by atoms with Crippen molar-refractivity contribution in [3.63, 3.8) is 0 Å². The van der Waals surface area contributed by atoms with E-state index in [1.54, 1.807) is 12.5 Å². The predicted octanol–water partition coefficient (Wildman–Crippen LogP) is 2.25. The first-order valence-electron chi connectivity index (χ1n) is 9.87. The summed E-state index contributed by atoms with van der Waals surface area (Å²) in [4.78, 5) is 11.1. The minimum atomic E-state index is -0.0305. The summed E-state index contributed by atoms with van der Waals surface area (Å²) in [5.41, 5.74) is 10.7. The lowest BCUT2D eigenvalue weighted by Crippen LogP contribution is -2.47. The average Bonchev–Trinajstić information content (AvgIpc) is 3.43.